The Bertz CT molecular complexity index is 3280. The largest absolute Gasteiger partial charge is 0.354 e. The summed E-state index contributed by atoms with van der Waals surface area (Å²) in [6.07, 6.45) is 9.98. The highest BCUT2D eigenvalue weighted by atomic mass is 16.1. The van der Waals surface area contributed by atoms with Gasteiger partial charge in [0.15, 0.2) is 12.6 Å². The standard InChI is InChI=1S/C62H56N4O2/c1-35(2)39-9-17-43(18-10-39)57-51-25-26-52(63-51)58(44-19-11-40(12-20-44)36(3)4)54-28-30-56(65-54)60(46-23-15-42(16-24-46)38(7)8)62-50-32-48(34-68)47(33-67)31-49(50)61(66-62)59(55-29-27-53(57)64-55)45-21-13-41(14-22-45)37(5)6/h9-38,63,66H,1-8H3. The minimum absolute atomic E-state index is 0.318. The number of fused-ring (bicyclic) bond motifs is 11. The number of carbonyl (C=O) groups is 2. The van der Waals surface area contributed by atoms with Crippen LogP contribution in [0, 0.1) is 0 Å². The van der Waals surface area contributed by atoms with Gasteiger partial charge in [-0.15, -0.1) is 0 Å². The Morgan fingerprint density at radius 2 is 0.647 bits per heavy atom. The number of rotatable bonds is 10. The van der Waals surface area contributed by atoms with E-state index in [0.717, 1.165) is 113 Å². The molecule has 0 saturated carbocycles. The molecule has 2 N–H and O–H groups in total. The molecule has 3 aromatic heterocycles. The predicted octanol–water partition coefficient (Wildman–Crippen LogP) is 16.6. The van der Waals surface area contributed by atoms with Crippen LogP contribution in [0.25, 0.3) is 102 Å². The van der Waals surface area contributed by atoms with Crippen LogP contribution in [-0.2, 0) is 0 Å². The molecule has 68 heavy (non-hydrogen) atoms. The quantitative estimate of drug-likeness (QED) is 0.134. The van der Waals surface area contributed by atoms with Crippen LogP contribution in [0.15, 0.2) is 121 Å². The number of benzene rings is 5. The van der Waals surface area contributed by atoms with Crippen LogP contribution < -0.4 is 0 Å². The number of aldehydes is 2. The van der Waals surface area contributed by atoms with E-state index < -0.39 is 0 Å². The van der Waals surface area contributed by atoms with Gasteiger partial charge in [0.1, 0.15) is 0 Å². The number of hydrogen-bond donors (Lipinski definition) is 2. The second-order valence-electron chi connectivity index (χ2n) is 19.5. The first kappa shape index (κ1) is 44.2. The molecular weight excluding hydrogens is 833 g/mol. The van der Waals surface area contributed by atoms with Crippen molar-refractivity contribution in [3.63, 3.8) is 0 Å². The van der Waals surface area contributed by atoms with Crippen molar-refractivity contribution in [1.29, 1.82) is 0 Å². The molecule has 8 aromatic rings. The highest BCUT2D eigenvalue weighted by Gasteiger charge is 2.23. The highest BCUT2D eigenvalue weighted by Crippen LogP contribution is 2.43. The van der Waals surface area contributed by atoms with E-state index in [0.29, 0.717) is 34.8 Å². The number of aromatic amines is 2. The summed E-state index contributed by atoms with van der Waals surface area (Å²) in [5.41, 5.74) is 19.9. The zero-order valence-corrected chi connectivity index (χ0v) is 40.0. The van der Waals surface area contributed by atoms with E-state index >= 15 is 0 Å². The zero-order valence-electron chi connectivity index (χ0n) is 40.0. The van der Waals surface area contributed by atoms with Gasteiger partial charge in [0, 0.05) is 55.2 Å². The normalized spacial score (nSPS) is 12.4. The van der Waals surface area contributed by atoms with Crippen LogP contribution in [0.1, 0.15) is 145 Å². The fourth-order valence-corrected chi connectivity index (χ4v) is 9.74. The highest BCUT2D eigenvalue weighted by molar-refractivity contribution is 6.19. The monoisotopic (exact) mass is 888 g/mol. The molecule has 0 atom stereocenters. The molecule has 336 valence electrons. The molecule has 0 amide bonds. The molecule has 0 spiro atoms. The predicted molar refractivity (Wildman–Crippen MR) is 285 cm³/mol. The topological polar surface area (TPSA) is 91.5 Å². The van der Waals surface area contributed by atoms with E-state index in [4.69, 9.17) is 9.97 Å². The van der Waals surface area contributed by atoms with Crippen molar-refractivity contribution in [2.45, 2.75) is 79.1 Å². The number of nitrogens with one attached hydrogen (secondary N) is 2. The first-order valence-corrected chi connectivity index (χ1v) is 23.9. The molecular formula is C62H56N4O2. The minimum atomic E-state index is 0.318. The van der Waals surface area contributed by atoms with Crippen LogP contribution in [0.3, 0.4) is 0 Å². The molecule has 5 aromatic carbocycles. The molecule has 8 bridgehead atoms. The van der Waals surface area contributed by atoms with Crippen molar-refractivity contribution in [1.82, 2.24) is 19.9 Å². The van der Waals surface area contributed by atoms with Crippen LogP contribution in [-0.4, -0.2) is 32.5 Å². The molecule has 6 nitrogen and oxygen atoms in total. The molecule has 10 rings (SSSR count). The van der Waals surface area contributed by atoms with Gasteiger partial charge in [-0.1, -0.05) is 152 Å². The summed E-state index contributed by atoms with van der Waals surface area (Å²) in [4.78, 5) is 44.6. The van der Waals surface area contributed by atoms with E-state index in [9.17, 15) is 9.59 Å². The van der Waals surface area contributed by atoms with Crippen molar-refractivity contribution in [3.05, 3.63) is 177 Å². The molecule has 6 heteroatoms. The van der Waals surface area contributed by atoms with Gasteiger partial charge >= 0.3 is 0 Å². The van der Waals surface area contributed by atoms with Gasteiger partial charge in [-0.3, -0.25) is 9.59 Å². The maximum Gasteiger partial charge on any atom is 0.150 e. The number of aromatic nitrogens is 4. The van der Waals surface area contributed by atoms with E-state index in [2.05, 4.69) is 199 Å². The maximum absolute atomic E-state index is 12.8. The first-order valence-electron chi connectivity index (χ1n) is 23.9. The third-order valence-electron chi connectivity index (χ3n) is 13.8. The van der Waals surface area contributed by atoms with Gasteiger partial charge in [-0.25, -0.2) is 9.97 Å². The molecule has 0 aliphatic carbocycles. The van der Waals surface area contributed by atoms with E-state index in [1.807, 2.05) is 12.1 Å². The Balaban J connectivity index is 1.44. The van der Waals surface area contributed by atoms with Crippen LogP contribution >= 0.6 is 0 Å². The van der Waals surface area contributed by atoms with E-state index in [1.54, 1.807) is 0 Å². The second kappa shape index (κ2) is 17.8. The lowest BCUT2D eigenvalue weighted by Crippen LogP contribution is -1.92. The number of nitrogens with zero attached hydrogens (tertiary/aromatic N) is 2. The molecule has 0 radical (unpaired) electrons. The summed E-state index contributed by atoms with van der Waals surface area (Å²) in [7, 11) is 0. The molecule has 0 fully saturated rings. The lowest BCUT2D eigenvalue weighted by molar-refractivity contribution is 0.109. The Morgan fingerprint density at radius 3 is 0.926 bits per heavy atom. The van der Waals surface area contributed by atoms with Crippen LogP contribution in [0.4, 0.5) is 0 Å². The molecule has 2 aliphatic rings. The Kier molecular flexibility index (Phi) is 11.6. The average molecular weight is 889 g/mol. The Morgan fingerprint density at radius 1 is 0.368 bits per heavy atom. The molecule has 5 heterocycles. The fraction of sp³-hybridized carbons (Fsp3) is 0.194. The maximum atomic E-state index is 12.8. The number of H-pyrrole nitrogens is 2. The lowest BCUT2D eigenvalue weighted by Gasteiger charge is -2.10. The van der Waals surface area contributed by atoms with Gasteiger partial charge < -0.3 is 9.97 Å². The summed E-state index contributed by atoms with van der Waals surface area (Å²) in [6.45, 7) is 17.7. The van der Waals surface area contributed by atoms with Gasteiger partial charge in [-0.2, -0.15) is 0 Å². The molecule has 0 saturated heterocycles. The van der Waals surface area contributed by atoms with Gasteiger partial charge in [0.05, 0.1) is 33.8 Å². The first-order chi connectivity index (χ1) is 32.9. The zero-order chi connectivity index (χ0) is 47.4. The summed E-state index contributed by atoms with van der Waals surface area (Å²) in [5, 5.41) is 1.60. The van der Waals surface area contributed by atoms with Crippen LogP contribution in [0.2, 0.25) is 0 Å². The van der Waals surface area contributed by atoms with Gasteiger partial charge in [0.25, 0.3) is 0 Å². The van der Waals surface area contributed by atoms with Crippen LogP contribution in [0.5, 0.6) is 0 Å². The van der Waals surface area contributed by atoms with E-state index in [-0.39, 0.29) is 0 Å². The Labute approximate surface area is 398 Å². The number of carbonyl (C=O) groups excluding carboxylic acids is 2. The van der Waals surface area contributed by atoms with Gasteiger partial charge in [-0.05, 0) is 117 Å². The van der Waals surface area contributed by atoms with Crippen molar-refractivity contribution in [3.8, 4) is 44.5 Å². The Hall–Kier alpha value is -7.70. The summed E-state index contributed by atoms with van der Waals surface area (Å²) < 4.78 is 0. The molecule has 2 aliphatic heterocycles. The van der Waals surface area contributed by atoms with E-state index in [1.165, 1.54) is 22.3 Å². The smallest absolute Gasteiger partial charge is 0.150 e. The second-order valence-corrected chi connectivity index (χ2v) is 19.5. The SMILES string of the molecule is CC(C)c1ccc(-c2c3nc(c(-c4ccc(C(C)C)cc4)c4[nH]c(c(-c5ccc(C(C)C)cc5)c5nc(c(-c6ccc(C(C)C)cc6)c6ccc2[nH]6)C=C5)c2cc(C=O)c(C=O)cc42)C=C3)cc1. The third-order valence-corrected chi connectivity index (χ3v) is 13.8. The lowest BCUT2D eigenvalue weighted by atomic mass is 9.95. The van der Waals surface area contributed by atoms with Crippen molar-refractivity contribution >= 4 is 69.7 Å². The summed E-state index contributed by atoms with van der Waals surface area (Å²) in [6, 6.07) is 43.1. The third kappa shape index (κ3) is 7.94. The number of hydrogen-bond acceptors (Lipinski definition) is 4. The van der Waals surface area contributed by atoms with Crippen molar-refractivity contribution in [2.75, 3.05) is 0 Å². The average Bonchev–Trinajstić information content (AvgIpc) is 4.19. The minimum Gasteiger partial charge on any atom is -0.354 e. The summed E-state index contributed by atoms with van der Waals surface area (Å²) >= 11 is 0. The van der Waals surface area contributed by atoms with Crippen molar-refractivity contribution in [2.24, 2.45) is 0 Å². The van der Waals surface area contributed by atoms with Crippen molar-refractivity contribution < 1.29 is 9.59 Å². The summed E-state index contributed by atoms with van der Waals surface area (Å²) in [5.74, 6) is 1.44. The molecule has 0 unspecified atom stereocenters. The van der Waals surface area contributed by atoms with Gasteiger partial charge in [0.2, 0.25) is 0 Å². The fourth-order valence-electron chi connectivity index (χ4n) is 9.74.